The lowest BCUT2D eigenvalue weighted by atomic mass is 10.0. The molecule has 0 saturated carbocycles. The molecular formula is C13H24N4. The minimum Gasteiger partial charge on any atom is -0.317 e. The number of hydrogen-bond acceptors (Lipinski definition) is 3. The fourth-order valence-corrected chi connectivity index (χ4v) is 2.62. The second-order valence-corrected chi connectivity index (χ2v) is 5.12. The molecule has 1 aromatic rings. The summed E-state index contributed by atoms with van der Waals surface area (Å²) in [7, 11) is 4.22. The highest BCUT2D eigenvalue weighted by atomic mass is 15.2. The molecule has 4 nitrogen and oxygen atoms in total. The van der Waals surface area contributed by atoms with Crippen molar-refractivity contribution in [1.29, 1.82) is 0 Å². The van der Waals surface area contributed by atoms with Gasteiger partial charge in [0.15, 0.2) is 0 Å². The molecule has 1 aliphatic rings. The van der Waals surface area contributed by atoms with E-state index in [4.69, 9.17) is 0 Å². The van der Waals surface area contributed by atoms with Crippen LogP contribution in [0.1, 0.15) is 37.8 Å². The monoisotopic (exact) mass is 236 g/mol. The standard InChI is InChI=1S/C13H24N4/c1-11(12-9-15-16(2)10-12)17(3)13-5-4-7-14-8-6-13/h9-11,13-14H,4-8H2,1-3H3. The van der Waals surface area contributed by atoms with E-state index in [-0.39, 0.29) is 0 Å². The topological polar surface area (TPSA) is 33.1 Å². The van der Waals surface area contributed by atoms with Crippen molar-refractivity contribution in [3.63, 3.8) is 0 Å². The predicted molar refractivity (Wildman–Crippen MR) is 69.9 cm³/mol. The van der Waals surface area contributed by atoms with Gasteiger partial charge in [0.2, 0.25) is 0 Å². The summed E-state index contributed by atoms with van der Waals surface area (Å²) in [5.74, 6) is 0. The van der Waals surface area contributed by atoms with Crippen molar-refractivity contribution in [2.75, 3.05) is 20.1 Å². The van der Waals surface area contributed by atoms with E-state index in [0.717, 1.165) is 6.54 Å². The Labute approximate surface area is 104 Å². The molecule has 1 fully saturated rings. The molecule has 0 bridgehead atoms. The van der Waals surface area contributed by atoms with E-state index in [1.54, 1.807) is 0 Å². The lowest BCUT2D eigenvalue weighted by Gasteiger charge is -2.32. The van der Waals surface area contributed by atoms with Crippen molar-refractivity contribution in [1.82, 2.24) is 20.0 Å². The van der Waals surface area contributed by atoms with E-state index in [9.17, 15) is 0 Å². The molecule has 2 rings (SSSR count). The van der Waals surface area contributed by atoms with Crippen LogP contribution in [-0.2, 0) is 7.05 Å². The summed E-state index contributed by atoms with van der Waals surface area (Å²) in [6.07, 6.45) is 7.94. The molecule has 1 saturated heterocycles. The number of rotatable bonds is 3. The van der Waals surface area contributed by atoms with Crippen LogP contribution in [0.4, 0.5) is 0 Å². The number of nitrogens with zero attached hydrogens (tertiary/aromatic N) is 3. The number of hydrogen-bond donors (Lipinski definition) is 1. The van der Waals surface area contributed by atoms with Crippen molar-refractivity contribution in [2.45, 2.75) is 38.3 Å². The van der Waals surface area contributed by atoms with E-state index in [0.29, 0.717) is 12.1 Å². The summed E-state index contributed by atoms with van der Waals surface area (Å²) in [5.41, 5.74) is 1.31. The Morgan fingerprint density at radius 3 is 3.00 bits per heavy atom. The molecule has 1 aliphatic heterocycles. The lowest BCUT2D eigenvalue weighted by molar-refractivity contribution is 0.171. The van der Waals surface area contributed by atoms with Crippen molar-refractivity contribution in [2.24, 2.45) is 7.05 Å². The van der Waals surface area contributed by atoms with Crippen LogP contribution in [0.25, 0.3) is 0 Å². The zero-order valence-electron chi connectivity index (χ0n) is 11.2. The molecule has 2 heterocycles. The fourth-order valence-electron chi connectivity index (χ4n) is 2.62. The highest BCUT2D eigenvalue weighted by molar-refractivity contribution is 5.09. The van der Waals surface area contributed by atoms with Crippen molar-refractivity contribution >= 4 is 0 Å². The van der Waals surface area contributed by atoms with Gasteiger partial charge in [0.05, 0.1) is 6.20 Å². The molecule has 0 spiro atoms. The third-order valence-corrected chi connectivity index (χ3v) is 3.94. The Bertz CT molecular complexity index is 339. The largest absolute Gasteiger partial charge is 0.317 e. The summed E-state index contributed by atoms with van der Waals surface area (Å²) in [5, 5.41) is 7.73. The summed E-state index contributed by atoms with van der Waals surface area (Å²) in [4.78, 5) is 2.50. The smallest absolute Gasteiger partial charge is 0.0537 e. The Hall–Kier alpha value is -0.870. The molecule has 0 radical (unpaired) electrons. The van der Waals surface area contributed by atoms with Crippen LogP contribution in [0, 0.1) is 0 Å². The van der Waals surface area contributed by atoms with Crippen molar-refractivity contribution < 1.29 is 0 Å². The first-order valence-corrected chi connectivity index (χ1v) is 6.59. The number of nitrogens with one attached hydrogen (secondary N) is 1. The minimum absolute atomic E-state index is 0.451. The SMILES string of the molecule is CC(c1cnn(C)c1)N(C)C1CCCNCC1. The summed E-state index contributed by atoms with van der Waals surface area (Å²) in [6, 6.07) is 1.15. The van der Waals surface area contributed by atoms with Gasteiger partial charge in [-0.3, -0.25) is 9.58 Å². The molecule has 2 atom stereocenters. The first-order valence-electron chi connectivity index (χ1n) is 6.59. The zero-order chi connectivity index (χ0) is 12.3. The Morgan fingerprint density at radius 2 is 2.29 bits per heavy atom. The molecule has 17 heavy (non-hydrogen) atoms. The Morgan fingerprint density at radius 1 is 1.47 bits per heavy atom. The van der Waals surface area contributed by atoms with Gasteiger partial charge in [-0.25, -0.2) is 0 Å². The van der Waals surface area contributed by atoms with Gasteiger partial charge >= 0.3 is 0 Å². The van der Waals surface area contributed by atoms with E-state index in [1.807, 2.05) is 17.9 Å². The molecule has 4 heteroatoms. The van der Waals surface area contributed by atoms with Gasteiger partial charge < -0.3 is 5.32 Å². The average molecular weight is 236 g/mol. The first-order chi connectivity index (χ1) is 8.18. The zero-order valence-corrected chi connectivity index (χ0v) is 11.2. The van der Waals surface area contributed by atoms with E-state index in [1.165, 1.54) is 31.4 Å². The van der Waals surface area contributed by atoms with E-state index in [2.05, 4.69) is 35.5 Å². The van der Waals surface area contributed by atoms with Crippen LogP contribution in [0.3, 0.4) is 0 Å². The molecule has 0 amide bonds. The average Bonchev–Trinajstić information content (AvgIpc) is 2.60. The van der Waals surface area contributed by atoms with Gasteiger partial charge in [-0.1, -0.05) is 0 Å². The normalized spacial score (nSPS) is 23.6. The molecular weight excluding hydrogens is 212 g/mol. The van der Waals surface area contributed by atoms with Crippen LogP contribution in [-0.4, -0.2) is 40.9 Å². The van der Waals surface area contributed by atoms with Crippen LogP contribution in [0.5, 0.6) is 0 Å². The second-order valence-electron chi connectivity index (χ2n) is 5.12. The van der Waals surface area contributed by atoms with Crippen molar-refractivity contribution in [3.05, 3.63) is 18.0 Å². The maximum absolute atomic E-state index is 4.26. The van der Waals surface area contributed by atoms with Gasteiger partial charge in [-0.2, -0.15) is 5.10 Å². The quantitative estimate of drug-likeness (QED) is 0.864. The Kier molecular flexibility index (Phi) is 4.18. The maximum atomic E-state index is 4.26. The molecule has 0 aromatic carbocycles. The first kappa shape index (κ1) is 12.6. The summed E-state index contributed by atoms with van der Waals surface area (Å²) >= 11 is 0. The molecule has 0 aliphatic carbocycles. The molecule has 1 aromatic heterocycles. The van der Waals surface area contributed by atoms with Gasteiger partial charge in [-0.05, 0) is 46.3 Å². The summed E-state index contributed by atoms with van der Waals surface area (Å²) < 4.78 is 1.88. The maximum Gasteiger partial charge on any atom is 0.0537 e. The third-order valence-electron chi connectivity index (χ3n) is 3.94. The summed E-state index contributed by atoms with van der Waals surface area (Å²) in [6.45, 7) is 4.59. The number of aryl methyl sites for hydroxylation is 1. The highest BCUT2D eigenvalue weighted by Crippen LogP contribution is 2.24. The van der Waals surface area contributed by atoms with Gasteiger partial charge in [-0.15, -0.1) is 0 Å². The van der Waals surface area contributed by atoms with E-state index < -0.39 is 0 Å². The Balaban J connectivity index is 2.00. The van der Waals surface area contributed by atoms with Crippen LogP contribution < -0.4 is 5.32 Å². The van der Waals surface area contributed by atoms with Crippen LogP contribution in [0.2, 0.25) is 0 Å². The van der Waals surface area contributed by atoms with Crippen LogP contribution >= 0.6 is 0 Å². The fraction of sp³-hybridized carbons (Fsp3) is 0.769. The second kappa shape index (κ2) is 5.65. The van der Waals surface area contributed by atoms with Gasteiger partial charge in [0.1, 0.15) is 0 Å². The molecule has 2 unspecified atom stereocenters. The van der Waals surface area contributed by atoms with E-state index >= 15 is 0 Å². The van der Waals surface area contributed by atoms with Gasteiger partial charge in [0, 0.05) is 30.9 Å². The van der Waals surface area contributed by atoms with Gasteiger partial charge in [0.25, 0.3) is 0 Å². The number of aromatic nitrogens is 2. The minimum atomic E-state index is 0.451. The van der Waals surface area contributed by atoms with Crippen LogP contribution in [0.15, 0.2) is 12.4 Å². The highest BCUT2D eigenvalue weighted by Gasteiger charge is 2.22. The van der Waals surface area contributed by atoms with Crippen molar-refractivity contribution in [3.8, 4) is 0 Å². The molecule has 1 N–H and O–H groups in total. The molecule has 96 valence electrons. The third kappa shape index (κ3) is 3.07. The predicted octanol–water partition coefficient (Wildman–Crippen LogP) is 1.55. The lowest BCUT2D eigenvalue weighted by Crippen LogP contribution is -2.34.